The molecule has 0 aliphatic rings. The molecular formula is C6H15N3O2. The van der Waals surface area contributed by atoms with Crippen LogP contribution in [-0.2, 0) is 0 Å². The third-order valence-electron chi connectivity index (χ3n) is 1.51. The van der Waals surface area contributed by atoms with Crippen molar-refractivity contribution in [2.75, 3.05) is 6.61 Å². The SMILES string of the molecule is CC(=N)[C@@H](O)C(N)C(N)CO. The summed E-state index contributed by atoms with van der Waals surface area (Å²) in [5, 5.41) is 24.7. The molecule has 5 nitrogen and oxygen atoms in total. The Labute approximate surface area is 65.5 Å². The number of aliphatic hydroxyl groups is 2. The average molecular weight is 161 g/mol. The number of hydrogen-bond acceptors (Lipinski definition) is 5. The van der Waals surface area contributed by atoms with Gasteiger partial charge in [-0.05, 0) is 6.92 Å². The van der Waals surface area contributed by atoms with Gasteiger partial charge in [-0.2, -0.15) is 0 Å². The van der Waals surface area contributed by atoms with Gasteiger partial charge in [0.15, 0.2) is 0 Å². The van der Waals surface area contributed by atoms with Gasteiger partial charge in [0.05, 0.1) is 12.6 Å². The van der Waals surface area contributed by atoms with Crippen molar-refractivity contribution in [3.63, 3.8) is 0 Å². The highest BCUT2D eigenvalue weighted by Gasteiger charge is 2.22. The maximum Gasteiger partial charge on any atom is 0.108 e. The van der Waals surface area contributed by atoms with E-state index in [-0.39, 0.29) is 12.3 Å². The fourth-order valence-electron chi connectivity index (χ4n) is 0.645. The Hall–Kier alpha value is -0.490. The van der Waals surface area contributed by atoms with Crippen LogP contribution in [0.3, 0.4) is 0 Å². The molecule has 5 heteroatoms. The predicted molar refractivity (Wildman–Crippen MR) is 42.4 cm³/mol. The minimum atomic E-state index is -1.06. The summed E-state index contributed by atoms with van der Waals surface area (Å²) in [6.45, 7) is 1.15. The molecule has 0 fully saturated rings. The molecule has 0 aromatic heterocycles. The topological polar surface area (TPSA) is 116 Å². The molecule has 7 N–H and O–H groups in total. The second kappa shape index (κ2) is 4.40. The van der Waals surface area contributed by atoms with Crippen LogP contribution in [0.1, 0.15) is 6.92 Å². The summed E-state index contributed by atoms with van der Waals surface area (Å²) >= 11 is 0. The van der Waals surface area contributed by atoms with Crippen molar-refractivity contribution < 1.29 is 10.2 Å². The average Bonchev–Trinajstić information content (AvgIpc) is 2.00. The third-order valence-corrected chi connectivity index (χ3v) is 1.51. The van der Waals surface area contributed by atoms with Crippen LogP contribution in [0.15, 0.2) is 0 Å². The molecule has 0 bridgehead atoms. The molecule has 0 rings (SSSR count). The quantitative estimate of drug-likeness (QED) is 0.307. The lowest BCUT2D eigenvalue weighted by Gasteiger charge is -2.22. The summed E-state index contributed by atoms with van der Waals surface area (Å²) in [5.41, 5.74) is 10.8. The van der Waals surface area contributed by atoms with Crippen molar-refractivity contribution in [1.82, 2.24) is 0 Å². The van der Waals surface area contributed by atoms with Gasteiger partial charge in [-0.25, -0.2) is 0 Å². The Balaban J connectivity index is 4.00. The number of nitrogens with two attached hydrogens (primary N) is 2. The Bertz CT molecular complexity index is 140. The Morgan fingerprint density at radius 1 is 1.55 bits per heavy atom. The van der Waals surface area contributed by atoms with Crippen LogP contribution in [0.25, 0.3) is 0 Å². The first-order chi connectivity index (χ1) is 5.00. The Morgan fingerprint density at radius 3 is 2.27 bits per heavy atom. The van der Waals surface area contributed by atoms with Crippen molar-refractivity contribution in [2.45, 2.75) is 25.1 Å². The normalized spacial score (nSPS) is 19.0. The summed E-state index contributed by atoms with van der Waals surface area (Å²) in [5.74, 6) is 0. The molecule has 0 aromatic rings. The lowest BCUT2D eigenvalue weighted by Crippen LogP contribution is -2.53. The number of hydrogen-bond donors (Lipinski definition) is 5. The summed E-state index contributed by atoms with van der Waals surface area (Å²) in [6, 6.07) is -1.44. The van der Waals surface area contributed by atoms with Gasteiger partial charge < -0.3 is 27.1 Å². The lowest BCUT2D eigenvalue weighted by molar-refractivity contribution is 0.163. The lowest BCUT2D eigenvalue weighted by atomic mass is 10.0. The second-order valence-electron chi connectivity index (χ2n) is 2.55. The van der Waals surface area contributed by atoms with Crippen molar-refractivity contribution >= 4 is 5.71 Å². The molecule has 0 saturated heterocycles. The van der Waals surface area contributed by atoms with E-state index in [4.69, 9.17) is 27.1 Å². The van der Waals surface area contributed by atoms with Gasteiger partial charge in [0, 0.05) is 11.8 Å². The van der Waals surface area contributed by atoms with Gasteiger partial charge in [0.1, 0.15) is 6.10 Å². The van der Waals surface area contributed by atoms with Gasteiger partial charge in [-0.15, -0.1) is 0 Å². The molecule has 2 unspecified atom stereocenters. The maximum atomic E-state index is 9.16. The first kappa shape index (κ1) is 10.5. The monoisotopic (exact) mass is 161 g/mol. The van der Waals surface area contributed by atoms with Crippen molar-refractivity contribution in [1.29, 1.82) is 5.41 Å². The molecule has 0 heterocycles. The number of nitrogens with one attached hydrogen (secondary N) is 1. The van der Waals surface area contributed by atoms with E-state index in [1.807, 2.05) is 0 Å². The van der Waals surface area contributed by atoms with E-state index in [1.165, 1.54) is 6.92 Å². The molecule has 11 heavy (non-hydrogen) atoms. The molecule has 0 radical (unpaired) electrons. The zero-order valence-corrected chi connectivity index (χ0v) is 6.49. The van der Waals surface area contributed by atoms with E-state index in [1.54, 1.807) is 0 Å². The molecule has 0 amide bonds. The van der Waals surface area contributed by atoms with Gasteiger partial charge in [0.2, 0.25) is 0 Å². The summed E-state index contributed by atoms with van der Waals surface area (Å²) < 4.78 is 0. The van der Waals surface area contributed by atoms with E-state index in [0.29, 0.717) is 0 Å². The first-order valence-electron chi connectivity index (χ1n) is 3.35. The van der Waals surface area contributed by atoms with Gasteiger partial charge in [0.25, 0.3) is 0 Å². The fraction of sp³-hybridized carbons (Fsp3) is 0.833. The van der Waals surface area contributed by atoms with Crippen LogP contribution in [0.2, 0.25) is 0 Å². The van der Waals surface area contributed by atoms with Crippen molar-refractivity contribution in [2.24, 2.45) is 11.5 Å². The second-order valence-corrected chi connectivity index (χ2v) is 2.55. The minimum Gasteiger partial charge on any atom is -0.395 e. The van der Waals surface area contributed by atoms with Gasteiger partial charge in [-0.1, -0.05) is 0 Å². The zero-order chi connectivity index (χ0) is 9.02. The van der Waals surface area contributed by atoms with E-state index >= 15 is 0 Å². The Morgan fingerprint density at radius 2 is 2.00 bits per heavy atom. The Kier molecular flexibility index (Phi) is 4.20. The van der Waals surface area contributed by atoms with Crippen molar-refractivity contribution in [3.05, 3.63) is 0 Å². The summed E-state index contributed by atoms with van der Waals surface area (Å²) in [7, 11) is 0. The molecular weight excluding hydrogens is 146 g/mol. The molecule has 0 saturated carbocycles. The molecule has 0 aliphatic heterocycles. The fourth-order valence-corrected chi connectivity index (χ4v) is 0.645. The molecule has 0 spiro atoms. The van der Waals surface area contributed by atoms with E-state index in [9.17, 15) is 0 Å². The van der Waals surface area contributed by atoms with Crippen LogP contribution in [0.5, 0.6) is 0 Å². The molecule has 0 aromatic carbocycles. The highest BCUT2D eigenvalue weighted by atomic mass is 16.3. The number of rotatable bonds is 4. The van der Waals surface area contributed by atoms with Crippen LogP contribution in [0, 0.1) is 5.41 Å². The molecule has 3 atom stereocenters. The van der Waals surface area contributed by atoms with Crippen LogP contribution < -0.4 is 11.5 Å². The zero-order valence-electron chi connectivity index (χ0n) is 6.49. The van der Waals surface area contributed by atoms with Crippen LogP contribution in [0.4, 0.5) is 0 Å². The van der Waals surface area contributed by atoms with Crippen molar-refractivity contribution in [3.8, 4) is 0 Å². The van der Waals surface area contributed by atoms with Gasteiger partial charge in [-0.3, -0.25) is 0 Å². The summed E-state index contributed by atoms with van der Waals surface area (Å²) in [4.78, 5) is 0. The highest BCUT2D eigenvalue weighted by Crippen LogP contribution is 1.95. The first-order valence-corrected chi connectivity index (χ1v) is 3.35. The standard InChI is InChI=1S/C6H15N3O2/c1-3(7)6(11)5(9)4(8)2-10/h4-7,10-11H,2,8-9H2,1H3/t4?,5?,6-/m1/s1. The number of aliphatic hydroxyl groups excluding tert-OH is 2. The third kappa shape index (κ3) is 2.94. The largest absolute Gasteiger partial charge is 0.395 e. The highest BCUT2D eigenvalue weighted by molar-refractivity contribution is 5.83. The molecule has 0 aliphatic carbocycles. The maximum absolute atomic E-state index is 9.16. The van der Waals surface area contributed by atoms with Crippen LogP contribution in [-0.4, -0.2) is 40.7 Å². The predicted octanol–water partition coefficient (Wildman–Crippen LogP) is -1.97. The smallest absolute Gasteiger partial charge is 0.108 e. The molecule has 66 valence electrons. The summed E-state index contributed by atoms with van der Waals surface area (Å²) in [6.07, 6.45) is -1.06. The van der Waals surface area contributed by atoms with E-state index < -0.39 is 18.2 Å². The van der Waals surface area contributed by atoms with E-state index in [2.05, 4.69) is 0 Å². The minimum absolute atomic E-state index is 0.0569. The van der Waals surface area contributed by atoms with Crippen LogP contribution >= 0.6 is 0 Å². The van der Waals surface area contributed by atoms with E-state index in [0.717, 1.165) is 0 Å². The van der Waals surface area contributed by atoms with Gasteiger partial charge >= 0.3 is 0 Å².